The van der Waals surface area contributed by atoms with Gasteiger partial charge in [0.05, 0.1) is 12.0 Å². The van der Waals surface area contributed by atoms with Gasteiger partial charge < -0.3 is 8.82 Å². The molecular formula is C19H16N2O. The number of benzene rings is 1. The van der Waals surface area contributed by atoms with Crippen molar-refractivity contribution in [2.75, 3.05) is 0 Å². The van der Waals surface area contributed by atoms with Crippen molar-refractivity contribution in [1.82, 2.24) is 9.38 Å². The molecule has 0 fully saturated rings. The van der Waals surface area contributed by atoms with Crippen molar-refractivity contribution in [1.29, 1.82) is 0 Å². The lowest BCUT2D eigenvalue weighted by Gasteiger charge is -2.05. The van der Waals surface area contributed by atoms with Crippen LogP contribution in [0.3, 0.4) is 0 Å². The Morgan fingerprint density at radius 1 is 1.00 bits per heavy atom. The van der Waals surface area contributed by atoms with Crippen LogP contribution < -0.4 is 0 Å². The summed E-state index contributed by atoms with van der Waals surface area (Å²) >= 11 is 0. The van der Waals surface area contributed by atoms with Crippen molar-refractivity contribution in [3.63, 3.8) is 0 Å². The Morgan fingerprint density at radius 3 is 2.64 bits per heavy atom. The van der Waals surface area contributed by atoms with Crippen molar-refractivity contribution in [2.45, 2.75) is 13.3 Å². The van der Waals surface area contributed by atoms with Crippen molar-refractivity contribution >= 4 is 5.65 Å². The van der Waals surface area contributed by atoms with E-state index in [4.69, 9.17) is 9.40 Å². The third-order valence-electron chi connectivity index (χ3n) is 3.83. The standard InChI is InChI=1S/C19H16N2O/c1-14-9-10-18-20-19(17-8-5-11-22-17)16(21(18)13-14)12-15-6-3-2-4-7-15/h2-11,13H,12H2,1H3. The molecule has 0 amide bonds. The number of hydrogen-bond donors (Lipinski definition) is 0. The summed E-state index contributed by atoms with van der Waals surface area (Å²) in [6, 6.07) is 18.4. The highest BCUT2D eigenvalue weighted by Gasteiger charge is 2.16. The zero-order valence-corrected chi connectivity index (χ0v) is 12.4. The monoisotopic (exact) mass is 288 g/mol. The quantitative estimate of drug-likeness (QED) is 0.556. The fourth-order valence-electron chi connectivity index (χ4n) is 2.77. The second-order valence-corrected chi connectivity index (χ2v) is 5.48. The SMILES string of the molecule is Cc1ccc2nc(-c3ccco3)c(Cc3ccccc3)n2c1. The number of aryl methyl sites for hydroxylation is 1. The Balaban J connectivity index is 1.93. The van der Waals surface area contributed by atoms with E-state index in [1.807, 2.05) is 18.2 Å². The first-order valence-electron chi connectivity index (χ1n) is 7.36. The van der Waals surface area contributed by atoms with Crippen LogP contribution in [0.2, 0.25) is 0 Å². The Hall–Kier alpha value is -2.81. The summed E-state index contributed by atoms with van der Waals surface area (Å²) in [6.07, 6.45) is 4.64. The van der Waals surface area contributed by atoms with E-state index >= 15 is 0 Å². The molecule has 0 N–H and O–H groups in total. The lowest BCUT2D eigenvalue weighted by atomic mass is 10.1. The summed E-state index contributed by atoms with van der Waals surface area (Å²) in [6.45, 7) is 2.10. The van der Waals surface area contributed by atoms with E-state index in [2.05, 4.69) is 53.9 Å². The zero-order valence-electron chi connectivity index (χ0n) is 12.4. The van der Waals surface area contributed by atoms with Crippen LogP contribution in [-0.2, 0) is 6.42 Å². The minimum atomic E-state index is 0.812. The summed E-state index contributed by atoms with van der Waals surface area (Å²) in [4.78, 5) is 4.76. The Labute approximate surface area is 128 Å². The minimum Gasteiger partial charge on any atom is -0.463 e. The lowest BCUT2D eigenvalue weighted by Crippen LogP contribution is -1.96. The minimum absolute atomic E-state index is 0.812. The van der Waals surface area contributed by atoms with Crippen LogP contribution in [0.4, 0.5) is 0 Å². The smallest absolute Gasteiger partial charge is 0.154 e. The van der Waals surface area contributed by atoms with Crippen LogP contribution in [0.5, 0.6) is 0 Å². The van der Waals surface area contributed by atoms with Gasteiger partial charge in [0, 0.05) is 12.6 Å². The first kappa shape index (κ1) is 12.9. The van der Waals surface area contributed by atoms with Gasteiger partial charge in [0.2, 0.25) is 0 Å². The molecule has 0 aliphatic carbocycles. The highest BCUT2D eigenvalue weighted by molar-refractivity contribution is 5.63. The summed E-state index contributed by atoms with van der Waals surface area (Å²) in [5.41, 5.74) is 5.49. The lowest BCUT2D eigenvalue weighted by molar-refractivity contribution is 0.579. The predicted molar refractivity (Wildman–Crippen MR) is 86.9 cm³/mol. The molecule has 0 saturated heterocycles. The van der Waals surface area contributed by atoms with E-state index in [0.29, 0.717) is 0 Å². The molecule has 3 aromatic heterocycles. The number of pyridine rings is 1. The summed E-state index contributed by atoms with van der Waals surface area (Å²) < 4.78 is 7.75. The van der Waals surface area contributed by atoms with Crippen molar-refractivity contribution in [3.05, 3.63) is 83.9 Å². The van der Waals surface area contributed by atoms with E-state index in [0.717, 1.165) is 29.2 Å². The van der Waals surface area contributed by atoms with Crippen LogP contribution in [0, 0.1) is 6.92 Å². The average molecular weight is 288 g/mol. The van der Waals surface area contributed by atoms with Gasteiger partial charge in [0.15, 0.2) is 5.76 Å². The predicted octanol–water partition coefficient (Wildman–Crippen LogP) is 4.49. The van der Waals surface area contributed by atoms with Crippen LogP contribution in [0.25, 0.3) is 17.1 Å². The van der Waals surface area contributed by atoms with Gasteiger partial charge >= 0.3 is 0 Å². The van der Waals surface area contributed by atoms with Crippen molar-refractivity contribution in [3.8, 4) is 11.5 Å². The third-order valence-corrected chi connectivity index (χ3v) is 3.83. The number of imidazole rings is 1. The number of nitrogens with zero attached hydrogens (tertiary/aromatic N) is 2. The number of hydrogen-bond acceptors (Lipinski definition) is 2. The van der Waals surface area contributed by atoms with Gasteiger partial charge in [-0.1, -0.05) is 36.4 Å². The Kier molecular flexibility index (Phi) is 3.04. The second kappa shape index (κ2) is 5.19. The van der Waals surface area contributed by atoms with Crippen LogP contribution >= 0.6 is 0 Å². The molecule has 108 valence electrons. The van der Waals surface area contributed by atoms with Gasteiger partial charge in [-0.25, -0.2) is 4.98 Å². The summed E-state index contributed by atoms with van der Waals surface area (Å²) in [5.74, 6) is 0.812. The summed E-state index contributed by atoms with van der Waals surface area (Å²) in [7, 11) is 0. The van der Waals surface area contributed by atoms with Gasteiger partial charge in [0.25, 0.3) is 0 Å². The second-order valence-electron chi connectivity index (χ2n) is 5.48. The molecule has 4 aromatic rings. The van der Waals surface area contributed by atoms with Crippen LogP contribution in [-0.4, -0.2) is 9.38 Å². The van der Waals surface area contributed by atoms with Crippen LogP contribution in [0.15, 0.2) is 71.5 Å². The molecule has 0 aliphatic heterocycles. The van der Waals surface area contributed by atoms with E-state index < -0.39 is 0 Å². The maximum absolute atomic E-state index is 5.58. The fourth-order valence-corrected chi connectivity index (χ4v) is 2.77. The zero-order chi connectivity index (χ0) is 14.9. The number of rotatable bonds is 3. The molecule has 3 heteroatoms. The largest absolute Gasteiger partial charge is 0.463 e. The van der Waals surface area contributed by atoms with E-state index in [1.165, 1.54) is 11.1 Å². The molecule has 3 heterocycles. The van der Waals surface area contributed by atoms with Gasteiger partial charge in [-0.2, -0.15) is 0 Å². The van der Waals surface area contributed by atoms with Gasteiger partial charge in [-0.05, 0) is 36.2 Å². The molecular weight excluding hydrogens is 272 g/mol. The number of furan rings is 1. The topological polar surface area (TPSA) is 30.4 Å². The molecule has 22 heavy (non-hydrogen) atoms. The van der Waals surface area contributed by atoms with E-state index in [-0.39, 0.29) is 0 Å². The fraction of sp³-hybridized carbons (Fsp3) is 0.105. The number of aromatic nitrogens is 2. The first-order chi connectivity index (χ1) is 10.8. The molecule has 0 unspecified atom stereocenters. The third kappa shape index (κ3) is 2.21. The molecule has 0 saturated carbocycles. The number of fused-ring (bicyclic) bond motifs is 1. The van der Waals surface area contributed by atoms with Gasteiger partial charge in [0.1, 0.15) is 11.3 Å². The average Bonchev–Trinajstić information content (AvgIpc) is 3.17. The molecule has 0 atom stereocenters. The molecule has 0 radical (unpaired) electrons. The van der Waals surface area contributed by atoms with Crippen molar-refractivity contribution < 1.29 is 4.42 Å². The molecule has 4 rings (SSSR count). The summed E-state index contributed by atoms with van der Waals surface area (Å²) in [5, 5.41) is 0. The van der Waals surface area contributed by atoms with E-state index in [9.17, 15) is 0 Å². The molecule has 0 aliphatic rings. The maximum atomic E-state index is 5.58. The van der Waals surface area contributed by atoms with Gasteiger partial charge in [-0.15, -0.1) is 0 Å². The molecule has 1 aromatic carbocycles. The van der Waals surface area contributed by atoms with E-state index in [1.54, 1.807) is 6.26 Å². The highest BCUT2D eigenvalue weighted by Crippen LogP contribution is 2.27. The maximum Gasteiger partial charge on any atom is 0.154 e. The normalized spacial score (nSPS) is 11.1. The van der Waals surface area contributed by atoms with Crippen molar-refractivity contribution in [2.24, 2.45) is 0 Å². The Morgan fingerprint density at radius 2 is 1.86 bits per heavy atom. The molecule has 0 bridgehead atoms. The molecule has 3 nitrogen and oxygen atoms in total. The van der Waals surface area contributed by atoms with Gasteiger partial charge in [-0.3, -0.25) is 0 Å². The Bertz CT molecular complexity index is 905. The first-order valence-corrected chi connectivity index (χ1v) is 7.36. The molecule has 0 spiro atoms. The van der Waals surface area contributed by atoms with Crippen LogP contribution in [0.1, 0.15) is 16.8 Å². The highest BCUT2D eigenvalue weighted by atomic mass is 16.3.